The highest BCUT2D eigenvalue weighted by atomic mass is 79.9. The number of nitrogens with zero attached hydrogens (tertiary/aromatic N) is 3. The van der Waals surface area contributed by atoms with Crippen LogP contribution in [0.3, 0.4) is 0 Å². The topological polar surface area (TPSA) is 69.8 Å². The maximum Gasteiger partial charge on any atom is 0.283 e. The van der Waals surface area contributed by atoms with E-state index in [1.807, 2.05) is 59.2 Å². The van der Waals surface area contributed by atoms with Crippen molar-refractivity contribution < 1.29 is 26.5 Å². The predicted octanol–water partition coefficient (Wildman–Crippen LogP) is 0.164. The first-order chi connectivity index (χ1) is 15.7. The molecule has 0 radical (unpaired) electrons. The van der Waals surface area contributed by atoms with E-state index in [2.05, 4.69) is 5.32 Å². The van der Waals surface area contributed by atoms with E-state index >= 15 is 0 Å². The van der Waals surface area contributed by atoms with Gasteiger partial charge >= 0.3 is 0 Å². The Labute approximate surface area is 202 Å². The van der Waals surface area contributed by atoms with Gasteiger partial charge < -0.3 is 31.8 Å². The largest absolute Gasteiger partial charge is 1.00 e. The molecule has 0 amide bonds. The molecule has 0 spiro atoms. The molecule has 8 heteroatoms. The van der Waals surface area contributed by atoms with Gasteiger partial charge in [-0.05, 0) is 49.6 Å². The molecule has 1 aliphatic rings. The molecule has 0 unspecified atom stereocenters. The van der Waals surface area contributed by atoms with Crippen LogP contribution in [0.25, 0.3) is 28.3 Å². The molecule has 0 aliphatic carbocycles. The zero-order valence-corrected chi connectivity index (χ0v) is 20.3. The van der Waals surface area contributed by atoms with Crippen molar-refractivity contribution in [2.45, 2.75) is 25.7 Å². The van der Waals surface area contributed by atoms with Crippen LogP contribution in [0.2, 0.25) is 0 Å². The Bertz CT molecular complexity index is 1370. The lowest BCUT2D eigenvalue weighted by Gasteiger charge is -2.08. The van der Waals surface area contributed by atoms with Crippen LogP contribution >= 0.6 is 0 Å². The van der Waals surface area contributed by atoms with Crippen molar-refractivity contribution >= 4 is 11.3 Å². The summed E-state index contributed by atoms with van der Waals surface area (Å²) < 4.78 is 14.4. The smallest absolute Gasteiger partial charge is 0.283 e. The summed E-state index contributed by atoms with van der Waals surface area (Å²) in [6.07, 6.45) is 6.09. The Kier molecular flexibility index (Phi) is 6.74. The Morgan fingerprint density at radius 1 is 0.970 bits per heavy atom. The first kappa shape index (κ1) is 22.9. The Balaban J connectivity index is 0.00000259. The summed E-state index contributed by atoms with van der Waals surface area (Å²) >= 11 is 0. The zero-order chi connectivity index (χ0) is 22.1. The standard InChI is InChI=1S/C25H26N4O3.BrH/c1-31-21-13-12-17(15-22(21)32-2)20-16-28-24(27-20)23(19-11-7-4-8-14-26-19)25(30)29(28)18-9-5-3-6-10-18;/h3,5-6,9-10,12-13,15-16,26H,4,7-8,11,14H2,1-2H3;1H/p-1/b23-19-;. The fourth-order valence-corrected chi connectivity index (χ4v) is 4.35. The predicted molar refractivity (Wildman–Crippen MR) is 124 cm³/mol. The van der Waals surface area contributed by atoms with Gasteiger partial charge in [-0.2, -0.15) is 0 Å². The van der Waals surface area contributed by atoms with E-state index in [9.17, 15) is 4.79 Å². The van der Waals surface area contributed by atoms with Gasteiger partial charge in [0, 0.05) is 17.8 Å². The molecule has 33 heavy (non-hydrogen) atoms. The minimum atomic E-state index is -0.0537. The molecular formula is C25H26BrN4O3-. The number of methoxy groups -OCH3 is 2. The molecule has 2 aromatic heterocycles. The van der Waals surface area contributed by atoms with Crippen molar-refractivity contribution in [3.63, 3.8) is 0 Å². The summed E-state index contributed by atoms with van der Waals surface area (Å²) in [6.45, 7) is 0.876. The second-order valence-electron chi connectivity index (χ2n) is 7.91. The van der Waals surface area contributed by atoms with E-state index in [0.717, 1.165) is 54.9 Å². The van der Waals surface area contributed by atoms with Gasteiger partial charge in [0.2, 0.25) is 0 Å². The summed E-state index contributed by atoms with van der Waals surface area (Å²) in [4.78, 5) is 18.5. The van der Waals surface area contributed by atoms with E-state index < -0.39 is 0 Å². The molecule has 1 N–H and O–H groups in total. The normalized spacial score (nSPS) is 15.5. The van der Waals surface area contributed by atoms with E-state index in [1.54, 1.807) is 18.9 Å². The number of hydrogen-bond donors (Lipinski definition) is 1. The molecule has 172 valence electrons. The van der Waals surface area contributed by atoms with Gasteiger partial charge in [0.15, 0.2) is 17.1 Å². The highest BCUT2D eigenvalue weighted by Crippen LogP contribution is 2.32. The van der Waals surface area contributed by atoms with Crippen molar-refractivity contribution in [1.82, 2.24) is 19.5 Å². The molecule has 0 bridgehead atoms. The van der Waals surface area contributed by atoms with Gasteiger partial charge in [-0.15, -0.1) is 0 Å². The summed E-state index contributed by atoms with van der Waals surface area (Å²) in [7, 11) is 3.23. The molecular weight excluding hydrogens is 484 g/mol. The lowest BCUT2D eigenvalue weighted by molar-refractivity contribution is -0.00000715. The number of fused-ring (bicyclic) bond motifs is 1. The quantitative estimate of drug-likeness (QED) is 0.424. The van der Waals surface area contributed by atoms with Crippen LogP contribution in [0, 0.1) is 0 Å². The lowest BCUT2D eigenvalue weighted by atomic mass is 10.1. The highest BCUT2D eigenvalue weighted by molar-refractivity contribution is 5.68. The number of ether oxygens (including phenoxy) is 2. The van der Waals surface area contributed by atoms with E-state index in [4.69, 9.17) is 14.5 Å². The first-order valence-corrected chi connectivity index (χ1v) is 10.9. The average Bonchev–Trinajstić information content (AvgIpc) is 3.22. The van der Waals surface area contributed by atoms with E-state index in [0.29, 0.717) is 22.4 Å². The van der Waals surface area contributed by atoms with E-state index in [-0.39, 0.29) is 22.5 Å². The van der Waals surface area contributed by atoms with Crippen LogP contribution in [0.4, 0.5) is 0 Å². The van der Waals surface area contributed by atoms with Crippen LogP contribution in [0.5, 0.6) is 11.5 Å². The van der Waals surface area contributed by atoms with Crippen molar-refractivity contribution in [3.8, 4) is 28.4 Å². The minimum Gasteiger partial charge on any atom is -1.00 e. The third-order valence-electron chi connectivity index (χ3n) is 5.96. The van der Waals surface area contributed by atoms with Crippen LogP contribution in [0.1, 0.15) is 25.7 Å². The molecule has 1 saturated heterocycles. The van der Waals surface area contributed by atoms with Crippen molar-refractivity contribution in [2.24, 2.45) is 0 Å². The number of imidazole rings is 1. The summed E-state index contributed by atoms with van der Waals surface area (Å²) in [6, 6.07) is 15.4. The van der Waals surface area contributed by atoms with Gasteiger partial charge in [-0.1, -0.05) is 24.6 Å². The molecule has 1 fully saturated rings. The van der Waals surface area contributed by atoms with Gasteiger partial charge in [-0.3, -0.25) is 4.79 Å². The molecule has 2 aromatic carbocycles. The number of halogens is 1. The van der Waals surface area contributed by atoms with Gasteiger partial charge in [0.05, 0.1) is 31.8 Å². The maximum absolute atomic E-state index is 13.6. The lowest BCUT2D eigenvalue weighted by Crippen LogP contribution is -3.00. The summed E-state index contributed by atoms with van der Waals surface area (Å²) in [5.74, 6) is 1.30. The summed E-state index contributed by atoms with van der Waals surface area (Å²) in [5.41, 5.74) is 4.05. The van der Waals surface area contributed by atoms with Crippen molar-refractivity contribution in [1.29, 1.82) is 0 Å². The second-order valence-corrected chi connectivity index (χ2v) is 7.91. The molecule has 0 saturated carbocycles. The molecule has 5 rings (SSSR count). The first-order valence-electron chi connectivity index (χ1n) is 10.9. The molecule has 4 aromatic rings. The number of rotatable bonds is 4. The molecule has 7 nitrogen and oxygen atoms in total. The van der Waals surface area contributed by atoms with Gasteiger partial charge in [0.25, 0.3) is 5.56 Å². The third kappa shape index (κ3) is 4.11. The Morgan fingerprint density at radius 3 is 2.52 bits per heavy atom. The van der Waals surface area contributed by atoms with Crippen LogP contribution in [-0.4, -0.2) is 34.9 Å². The van der Waals surface area contributed by atoms with Crippen LogP contribution in [-0.2, 0) is 0 Å². The number of hydrogen-bond acceptors (Lipinski definition) is 5. The SMILES string of the molecule is COc1ccc(-c2cn3c(n2)/c(=C2\CCCCCN2)c(=O)n3-c2ccccc2)cc1OC.[Br-]. The van der Waals surface area contributed by atoms with Gasteiger partial charge in [-0.25, -0.2) is 14.2 Å². The fraction of sp³-hybridized carbons (Fsp3) is 0.280. The number of benzene rings is 2. The summed E-state index contributed by atoms with van der Waals surface area (Å²) in [5, 5.41) is 4.15. The maximum atomic E-state index is 13.6. The molecule has 1 aliphatic heterocycles. The number of aromatic nitrogens is 3. The molecule has 0 atom stereocenters. The fourth-order valence-electron chi connectivity index (χ4n) is 4.35. The number of para-hydroxylation sites is 1. The minimum absolute atomic E-state index is 0. The van der Waals surface area contributed by atoms with Gasteiger partial charge in [0.1, 0.15) is 5.22 Å². The van der Waals surface area contributed by atoms with Crippen molar-refractivity contribution in [2.75, 3.05) is 20.8 Å². The molecule has 3 heterocycles. The second kappa shape index (κ2) is 9.70. The monoisotopic (exact) mass is 509 g/mol. The Hall–Kier alpha value is -3.26. The highest BCUT2D eigenvalue weighted by Gasteiger charge is 2.20. The Morgan fingerprint density at radius 2 is 1.76 bits per heavy atom. The third-order valence-corrected chi connectivity index (χ3v) is 5.96. The van der Waals surface area contributed by atoms with Crippen LogP contribution < -0.4 is 42.5 Å². The zero-order valence-electron chi connectivity index (χ0n) is 18.7. The van der Waals surface area contributed by atoms with E-state index in [1.165, 1.54) is 0 Å². The van der Waals surface area contributed by atoms with Crippen LogP contribution in [0.15, 0.2) is 59.5 Å². The average molecular weight is 510 g/mol. The number of nitrogens with one attached hydrogen (secondary N) is 1. The van der Waals surface area contributed by atoms with Crippen molar-refractivity contribution in [3.05, 3.63) is 70.3 Å².